The Bertz CT molecular complexity index is 830. The molecule has 0 fully saturated rings. The summed E-state index contributed by atoms with van der Waals surface area (Å²) in [5, 5.41) is 2.79. The molecule has 142 valence electrons. The van der Waals surface area contributed by atoms with Gasteiger partial charge in [-0.25, -0.2) is 4.39 Å². The molecule has 0 aliphatic rings. The van der Waals surface area contributed by atoms with E-state index in [0.717, 1.165) is 0 Å². The summed E-state index contributed by atoms with van der Waals surface area (Å²) in [5.74, 6) is -1.85. The predicted octanol–water partition coefficient (Wildman–Crippen LogP) is 1.82. The molecule has 1 unspecified atom stereocenters. The summed E-state index contributed by atoms with van der Waals surface area (Å²) < 4.78 is 18.1. The summed E-state index contributed by atoms with van der Waals surface area (Å²) >= 11 is 5.79. The molecule has 2 rings (SSSR count). The van der Waals surface area contributed by atoms with E-state index < -0.39 is 29.6 Å². The van der Waals surface area contributed by atoms with E-state index in [1.54, 1.807) is 18.2 Å². The van der Waals surface area contributed by atoms with E-state index in [4.69, 9.17) is 16.3 Å². The van der Waals surface area contributed by atoms with Crippen LogP contribution in [-0.2, 0) is 9.59 Å². The minimum absolute atomic E-state index is 0.305. The SMILES string of the molecule is CC(Oc1ccc(F)cc1)C(=O)NNC(=O)CNC(=O)c1cccc(Cl)c1. The van der Waals surface area contributed by atoms with Crippen molar-refractivity contribution in [1.82, 2.24) is 16.2 Å². The number of hydrogen-bond donors (Lipinski definition) is 3. The number of amides is 3. The lowest BCUT2D eigenvalue weighted by Crippen LogP contribution is -2.50. The molecule has 0 aliphatic carbocycles. The number of carbonyl (C=O) groups excluding carboxylic acids is 3. The fourth-order valence-electron chi connectivity index (χ4n) is 1.94. The van der Waals surface area contributed by atoms with Gasteiger partial charge in [0.15, 0.2) is 6.10 Å². The molecule has 0 bridgehead atoms. The fourth-order valence-corrected chi connectivity index (χ4v) is 2.13. The molecule has 2 aromatic carbocycles. The molecular formula is C18H17ClFN3O4. The Morgan fingerprint density at radius 2 is 1.81 bits per heavy atom. The van der Waals surface area contributed by atoms with Gasteiger partial charge in [-0.1, -0.05) is 17.7 Å². The predicted molar refractivity (Wildman–Crippen MR) is 96.6 cm³/mol. The quantitative estimate of drug-likeness (QED) is 0.652. The van der Waals surface area contributed by atoms with Crippen molar-refractivity contribution in [2.24, 2.45) is 0 Å². The van der Waals surface area contributed by atoms with Crippen LogP contribution in [0.1, 0.15) is 17.3 Å². The Hall–Kier alpha value is -3.13. The van der Waals surface area contributed by atoms with Gasteiger partial charge in [0, 0.05) is 10.6 Å². The van der Waals surface area contributed by atoms with E-state index in [1.165, 1.54) is 37.3 Å². The summed E-state index contributed by atoms with van der Waals surface area (Å²) in [4.78, 5) is 35.5. The lowest BCUT2D eigenvalue weighted by Gasteiger charge is -2.15. The van der Waals surface area contributed by atoms with E-state index in [1.807, 2.05) is 0 Å². The van der Waals surface area contributed by atoms with E-state index >= 15 is 0 Å². The average Bonchev–Trinajstić information content (AvgIpc) is 2.65. The molecule has 0 aliphatic heterocycles. The van der Waals surface area contributed by atoms with Gasteiger partial charge >= 0.3 is 0 Å². The van der Waals surface area contributed by atoms with Crippen molar-refractivity contribution < 1.29 is 23.5 Å². The van der Waals surface area contributed by atoms with Gasteiger partial charge in [0.05, 0.1) is 6.54 Å². The standard InChI is InChI=1S/C18H17ClFN3O4/c1-11(27-15-7-5-14(20)6-8-15)17(25)23-22-16(24)10-21-18(26)12-3-2-4-13(19)9-12/h2-9,11H,10H2,1H3,(H,21,26)(H,22,24)(H,23,25). The Balaban J connectivity index is 1.73. The zero-order valence-corrected chi connectivity index (χ0v) is 15.0. The summed E-state index contributed by atoms with van der Waals surface area (Å²) in [6.07, 6.45) is -0.934. The van der Waals surface area contributed by atoms with Gasteiger partial charge in [-0.15, -0.1) is 0 Å². The van der Waals surface area contributed by atoms with E-state index in [-0.39, 0.29) is 6.54 Å². The van der Waals surface area contributed by atoms with Gasteiger partial charge in [0.1, 0.15) is 11.6 Å². The van der Waals surface area contributed by atoms with Gasteiger partial charge in [0.2, 0.25) is 0 Å². The maximum absolute atomic E-state index is 12.8. The third-order valence-corrected chi connectivity index (χ3v) is 3.55. The molecule has 0 spiro atoms. The molecule has 7 nitrogen and oxygen atoms in total. The molecule has 0 saturated carbocycles. The van der Waals surface area contributed by atoms with Crippen LogP contribution in [0.3, 0.4) is 0 Å². The van der Waals surface area contributed by atoms with Crippen LogP contribution >= 0.6 is 11.6 Å². The number of hydrogen-bond acceptors (Lipinski definition) is 4. The maximum Gasteiger partial charge on any atom is 0.279 e. The third kappa shape index (κ3) is 6.59. The first-order chi connectivity index (χ1) is 12.8. The minimum Gasteiger partial charge on any atom is -0.481 e. The second-order valence-corrected chi connectivity index (χ2v) is 5.88. The van der Waals surface area contributed by atoms with Crippen LogP contribution in [-0.4, -0.2) is 30.4 Å². The average molecular weight is 394 g/mol. The van der Waals surface area contributed by atoms with Crippen molar-refractivity contribution >= 4 is 29.3 Å². The Labute approximate surface area is 159 Å². The Kier molecular flexibility index (Phi) is 7.13. The Morgan fingerprint density at radius 3 is 2.48 bits per heavy atom. The second-order valence-electron chi connectivity index (χ2n) is 5.44. The van der Waals surface area contributed by atoms with Crippen LogP contribution in [0.5, 0.6) is 5.75 Å². The summed E-state index contributed by atoms with van der Waals surface area (Å²) in [5.41, 5.74) is 4.64. The highest BCUT2D eigenvalue weighted by Gasteiger charge is 2.16. The van der Waals surface area contributed by atoms with Crippen molar-refractivity contribution in [2.75, 3.05) is 6.54 Å². The van der Waals surface area contributed by atoms with Crippen LogP contribution in [0.25, 0.3) is 0 Å². The molecule has 1 atom stereocenters. The van der Waals surface area contributed by atoms with Crippen molar-refractivity contribution in [1.29, 1.82) is 0 Å². The van der Waals surface area contributed by atoms with Crippen LogP contribution < -0.4 is 20.9 Å². The number of ether oxygens (including phenoxy) is 1. The summed E-state index contributed by atoms with van der Waals surface area (Å²) in [6, 6.07) is 11.4. The van der Waals surface area contributed by atoms with Crippen LogP contribution in [0.2, 0.25) is 5.02 Å². The molecule has 0 radical (unpaired) electrons. The van der Waals surface area contributed by atoms with E-state index in [2.05, 4.69) is 16.2 Å². The van der Waals surface area contributed by atoms with Gasteiger partial charge < -0.3 is 10.1 Å². The molecule has 0 saturated heterocycles. The maximum atomic E-state index is 12.8. The smallest absolute Gasteiger partial charge is 0.279 e. The number of carbonyl (C=O) groups is 3. The lowest BCUT2D eigenvalue weighted by molar-refractivity contribution is -0.132. The fraction of sp³-hybridized carbons (Fsp3) is 0.167. The highest BCUT2D eigenvalue weighted by Crippen LogP contribution is 2.13. The molecule has 0 aromatic heterocycles. The monoisotopic (exact) mass is 393 g/mol. The van der Waals surface area contributed by atoms with Gasteiger partial charge in [-0.3, -0.25) is 25.2 Å². The van der Waals surface area contributed by atoms with Crippen LogP contribution in [0, 0.1) is 5.82 Å². The molecule has 27 heavy (non-hydrogen) atoms. The van der Waals surface area contributed by atoms with Gasteiger partial charge in [-0.05, 0) is 49.4 Å². The van der Waals surface area contributed by atoms with E-state index in [0.29, 0.717) is 16.3 Å². The van der Waals surface area contributed by atoms with E-state index in [9.17, 15) is 18.8 Å². The van der Waals surface area contributed by atoms with Crippen molar-refractivity contribution in [3.63, 3.8) is 0 Å². The number of hydrazine groups is 1. The molecular weight excluding hydrogens is 377 g/mol. The topological polar surface area (TPSA) is 96.5 Å². The summed E-state index contributed by atoms with van der Waals surface area (Å²) in [6.45, 7) is 1.12. The third-order valence-electron chi connectivity index (χ3n) is 3.32. The first kappa shape index (κ1) is 20.2. The van der Waals surface area contributed by atoms with Crippen LogP contribution in [0.15, 0.2) is 48.5 Å². The van der Waals surface area contributed by atoms with Crippen molar-refractivity contribution in [3.8, 4) is 5.75 Å². The minimum atomic E-state index is -0.934. The number of halogens is 2. The highest BCUT2D eigenvalue weighted by molar-refractivity contribution is 6.30. The molecule has 3 N–H and O–H groups in total. The second kappa shape index (κ2) is 9.54. The zero-order chi connectivity index (χ0) is 19.8. The van der Waals surface area contributed by atoms with Crippen molar-refractivity contribution in [3.05, 3.63) is 64.9 Å². The molecule has 0 heterocycles. The van der Waals surface area contributed by atoms with Crippen molar-refractivity contribution in [2.45, 2.75) is 13.0 Å². The normalized spacial score (nSPS) is 11.2. The lowest BCUT2D eigenvalue weighted by atomic mass is 10.2. The first-order valence-electron chi connectivity index (χ1n) is 7.90. The molecule has 9 heteroatoms. The number of rotatable bonds is 6. The van der Waals surface area contributed by atoms with Gasteiger partial charge in [-0.2, -0.15) is 0 Å². The zero-order valence-electron chi connectivity index (χ0n) is 14.3. The highest BCUT2D eigenvalue weighted by atomic mass is 35.5. The number of benzene rings is 2. The van der Waals surface area contributed by atoms with Gasteiger partial charge in [0.25, 0.3) is 17.7 Å². The first-order valence-corrected chi connectivity index (χ1v) is 8.27. The number of nitrogens with one attached hydrogen (secondary N) is 3. The van der Waals surface area contributed by atoms with Crippen LogP contribution in [0.4, 0.5) is 4.39 Å². The molecule has 2 aromatic rings. The summed E-state index contributed by atoms with van der Waals surface area (Å²) in [7, 11) is 0. The Morgan fingerprint density at radius 1 is 1.11 bits per heavy atom. The molecule has 3 amide bonds. The largest absolute Gasteiger partial charge is 0.481 e.